The van der Waals surface area contributed by atoms with Gasteiger partial charge in [0.2, 0.25) is 0 Å². The molecule has 1 atom stereocenters. The number of Topliss-reactive ketones (excluding diaryl/α,β-unsaturated/α-hetero) is 1. The molecule has 0 bridgehead atoms. The second kappa shape index (κ2) is 8.91. The lowest BCUT2D eigenvalue weighted by Gasteiger charge is -2.25. The molecular weight excluding hydrogens is 499 g/mol. The number of hydrogen-bond donors (Lipinski definition) is 2. The van der Waals surface area contributed by atoms with Gasteiger partial charge in [-0.15, -0.1) is 0 Å². The van der Waals surface area contributed by atoms with Gasteiger partial charge in [-0.2, -0.15) is 0 Å². The highest BCUT2D eigenvalue weighted by atomic mass is 79.9. The number of nitrogens with zero attached hydrogens (tertiary/aromatic N) is 1. The largest absolute Gasteiger partial charge is 0.507 e. The van der Waals surface area contributed by atoms with Gasteiger partial charge in [0.1, 0.15) is 11.6 Å². The zero-order chi connectivity index (χ0) is 23.8. The zero-order valence-electron chi connectivity index (χ0n) is 18.0. The van der Waals surface area contributed by atoms with Crippen LogP contribution in [0.2, 0.25) is 0 Å². The number of aromatic amines is 1. The highest BCUT2D eigenvalue weighted by Crippen LogP contribution is 2.40. The maximum atomic E-state index is 13.4. The molecule has 1 saturated heterocycles. The summed E-state index contributed by atoms with van der Waals surface area (Å²) >= 11 is 3.41. The molecule has 5 nitrogen and oxygen atoms in total. The number of aliphatic hydroxyl groups excluding tert-OH is 1. The van der Waals surface area contributed by atoms with Crippen LogP contribution >= 0.6 is 15.9 Å². The van der Waals surface area contributed by atoms with Crippen LogP contribution in [0, 0.1) is 5.82 Å². The first kappa shape index (κ1) is 22.1. The average Bonchev–Trinajstić information content (AvgIpc) is 3.37. The number of aromatic nitrogens is 1. The van der Waals surface area contributed by atoms with Crippen LogP contribution in [0.4, 0.5) is 4.39 Å². The quantitative estimate of drug-likeness (QED) is 0.201. The van der Waals surface area contributed by atoms with E-state index in [0.717, 1.165) is 20.9 Å². The van der Waals surface area contributed by atoms with E-state index < -0.39 is 23.5 Å². The molecule has 2 heterocycles. The minimum atomic E-state index is -0.761. The fourth-order valence-electron chi connectivity index (χ4n) is 4.44. The number of halogens is 2. The molecule has 170 valence electrons. The van der Waals surface area contributed by atoms with E-state index in [2.05, 4.69) is 20.9 Å². The Morgan fingerprint density at radius 2 is 1.71 bits per heavy atom. The van der Waals surface area contributed by atoms with Crippen molar-refractivity contribution in [1.29, 1.82) is 0 Å². The van der Waals surface area contributed by atoms with Crippen molar-refractivity contribution < 1.29 is 19.1 Å². The Bertz CT molecular complexity index is 1420. The van der Waals surface area contributed by atoms with Gasteiger partial charge < -0.3 is 15.0 Å². The molecule has 7 heteroatoms. The molecule has 4 aromatic rings. The number of H-pyrrole nitrogens is 1. The van der Waals surface area contributed by atoms with E-state index in [1.165, 1.54) is 29.2 Å². The van der Waals surface area contributed by atoms with Gasteiger partial charge in [0.05, 0.1) is 11.6 Å². The summed E-state index contributed by atoms with van der Waals surface area (Å²) in [6.45, 7) is 0.285. The Morgan fingerprint density at radius 1 is 1.00 bits per heavy atom. The van der Waals surface area contributed by atoms with E-state index >= 15 is 0 Å². The van der Waals surface area contributed by atoms with Crippen molar-refractivity contribution in [3.8, 4) is 0 Å². The topological polar surface area (TPSA) is 73.4 Å². The number of hydrogen-bond acceptors (Lipinski definition) is 3. The third-order valence-corrected chi connectivity index (χ3v) is 6.67. The summed E-state index contributed by atoms with van der Waals surface area (Å²) in [6, 6.07) is 19.6. The van der Waals surface area contributed by atoms with E-state index in [9.17, 15) is 19.1 Å². The van der Waals surface area contributed by atoms with Crippen LogP contribution in [0.3, 0.4) is 0 Å². The Labute approximate surface area is 203 Å². The summed E-state index contributed by atoms with van der Waals surface area (Å²) in [6.07, 6.45) is 2.44. The molecule has 0 saturated carbocycles. The maximum Gasteiger partial charge on any atom is 0.295 e. The first-order chi connectivity index (χ1) is 16.4. The minimum absolute atomic E-state index is 0.00198. The van der Waals surface area contributed by atoms with Gasteiger partial charge >= 0.3 is 0 Å². The Hall–Kier alpha value is -3.71. The van der Waals surface area contributed by atoms with Crippen LogP contribution in [-0.4, -0.2) is 33.2 Å². The lowest BCUT2D eigenvalue weighted by molar-refractivity contribution is -0.139. The summed E-state index contributed by atoms with van der Waals surface area (Å²) in [4.78, 5) is 31.0. The second-order valence-electron chi connectivity index (χ2n) is 8.16. The molecule has 3 aromatic carbocycles. The summed E-state index contributed by atoms with van der Waals surface area (Å²) < 4.78 is 14.3. The smallest absolute Gasteiger partial charge is 0.295 e. The predicted molar refractivity (Wildman–Crippen MR) is 132 cm³/mol. The lowest BCUT2D eigenvalue weighted by Crippen LogP contribution is -2.31. The SMILES string of the molecule is O=C1C(=O)N(CCc2c[nH]c3ccccc23)C(c2ccc(Br)cc2)/C1=C(\O)c1ccc(F)cc1. The monoisotopic (exact) mass is 518 g/mol. The number of fused-ring (bicyclic) bond motifs is 1. The number of rotatable bonds is 5. The molecule has 1 aliphatic heterocycles. The van der Waals surface area contributed by atoms with E-state index in [4.69, 9.17) is 0 Å². The number of carbonyl (C=O) groups is 2. The van der Waals surface area contributed by atoms with Gasteiger partial charge in [-0.1, -0.05) is 46.3 Å². The van der Waals surface area contributed by atoms with E-state index in [1.54, 1.807) is 0 Å². The number of ketones is 1. The van der Waals surface area contributed by atoms with Crippen molar-refractivity contribution in [3.05, 3.63) is 112 Å². The van der Waals surface area contributed by atoms with Crippen molar-refractivity contribution in [2.75, 3.05) is 6.54 Å². The highest BCUT2D eigenvalue weighted by molar-refractivity contribution is 9.10. The van der Waals surface area contributed by atoms with Crippen molar-refractivity contribution in [1.82, 2.24) is 9.88 Å². The van der Waals surface area contributed by atoms with Crippen LogP contribution in [0.1, 0.15) is 22.7 Å². The number of para-hydroxylation sites is 1. The van der Waals surface area contributed by atoms with Gasteiger partial charge in [0.15, 0.2) is 0 Å². The number of likely N-dealkylation sites (tertiary alicyclic amines) is 1. The maximum absolute atomic E-state index is 13.4. The van der Waals surface area contributed by atoms with Crippen LogP contribution in [0.25, 0.3) is 16.7 Å². The van der Waals surface area contributed by atoms with Crippen molar-refractivity contribution in [2.45, 2.75) is 12.5 Å². The van der Waals surface area contributed by atoms with Crippen molar-refractivity contribution in [2.24, 2.45) is 0 Å². The standard InChI is InChI=1S/C27H20BrFN2O3/c28-19-9-5-16(6-10-19)24-23(25(32)17-7-11-20(29)12-8-17)26(33)27(34)31(24)14-13-18-15-30-22-4-2-1-3-21(18)22/h1-12,15,24,30,32H,13-14H2/b25-23+. The number of benzene rings is 3. The van der Waals surface area contributed by atoms with Gasteiger partial charge in [-0.3, -0.25) is 9.59 Å². The molecule has 1 aromatic heterocycles. The summed E-state index contributed by atoms with van der Waals surface area (Å²) in [5.41, 5.74) is 3.01. The third kappa shape index (κ3) is 3.92. The minimum Gasteiger partial charge on any atom is -0.507 e. The normalized spacial score (nSPS) is 17.6. The Balaban J connectivity index is 1.56. The summed E-state index contributed by atoms with van der Waals surface area (Å²) in [5, 5.41) is 12.1. The zero-order valence-corrected chi connectivity index (χ0v) is 19.5. The Kier molecular flexibility index (Phi) is 5.79. The molecule has 0 radical (unpaired) electrons. The van der Waals surface area contributed by atoms with Crippen LogP contribution in [0.15, 0.2) is 89.0 Å². The van der Waals surface area contributed by atoms with E-state index in [0.29, 0.717) is 12.0 Å². The Morgan fingerprint density at radius 3 is 2.44 bits per heavy atom. The van der Waals surface area contributed by atoms with Gasteiger partial charge in [-0.05, 0) is 60.0 Å². The van der Waals surface area contributed by atoms with Crippen LogP contribution < -0.4 is 0 Å². The number of amides is 1. The van der Waals surface area contributed by atoms with Gasteiger partial charge in [-0.25, -0.2) is 4.39 Å². The first-order valence-electron chi connectivity index (χ1n) is 10.8. The molecule has 1 amide bonds. The highest BCUT2D eigenvalue weighted by Gasteiger charge is 2.45. The molecule has 0 spiro atoms. The lowest BCUT2D eigenvalue weighted by atomic mass is 9.95. The van der Waals surface area contributed by atoms with Crippen LogP contribution in [-0.2, 0) is 16.0 Å². The summed E-state index contributed by atoms with van der Waals surface area (Å²) in [5.74, 6) is -2.20. The van der Waals surface area contributed by atoms with Crippen molar-refractivity contribution in [3.63, 3.8) is 0 Å². The van der Waals surface area contributed by atoms with Gasteiger partial charge in [0, 0.05) is 33.7 Å². The molecule has 1 fully saturated rings. The molecule has 0 aliphatic carbocycles. The molecule has 2 N–H and O–H groups in total. The predicted octanol–water partition coefficient (Wildman–Crippen LogP) is 5.73. The number of aliphatic hydroxyl groups is 1. The number of carbonyl (C=O) groups excluding carboxylic acids is 2. The second-order valence-corrected chi connectivity index (χ2v) is 9.08. The van der Waals surface area contributed by atoms with Crippen LogP contribution in [0.5, 0.6) is 0 Å². The van der Waals surface area contributed by atoms with Gasteiger partial charge in [0.25, 0.3) is 11.7 Å². The van der Waals surface area contributed by atoms with E-state index in [1.807, 2.05) is 54.7 Å². The fraction of sp³-hybridized carbons (Fsp3) is 0.111. The number of nitrogens with one attached hydrogen (secondary N) is 1. The third-order valence-electron chi connectivity index (χ3n) is 6.14. The van der Waals surface area contributed by atoms with E-state index in [-0.39, 0.29) is 23.4 Å². The fourth-order valence-corrected chi connectivity index (χ4v) is 4.71. The molecule has 34 heavy (non-hydrogen) atoms. The molecule has 1 unspecified atom stereocenters. The summed E-state index contributed by atoms with van der Waals surface area (Å²) in [7, 11) is 0. The average molecular weight is 519 g/mol. The molecular formula is C27H20BrFN2O3. The molecule has 5 rings (SSSR count). The molecule has 1 aliphatic rings. The van der Waals surface area contributed by atoms with Crippen molar-refractivity contribution >= 4 is 44.3 Å². The first-order valence-corrected chi connectivity index (χ1v) is 11.6.